The number of hydrogen-bond donors (Lipinski definition) is 0. The molecule has 0 aromatic heterocycles. The molecule has 0 bridgehead atoms. The van der Waals surface area contributed by atoms with Gasteiger partial charge in [-0.3, -0.25) is 0 Å². The maximum atomic E-state index is 9.32. The van der Waals surface area contributed by atoms with Crippen molar-refractivity contribution in [3.05, 3.63) is 0 Å². The summed E-state index contributed by atoms with van der Waals surface area (Å²) < 4.78 is 0.112. The molecule has 0 radical (unpaired) electrons. The van der Waals surface area contributed by atoms with Crippen LogP contribution in [0.2, 0.25) is 0 Å². The van der Waals surface area contributed by atoms with Crippen LogP contribution in [0.4, 0.5) is 0 Å². The van der Waals surface area contributed by atoms with Gasteiger partial charge in [-0.15, -0.1) is 11.8 Å². The molecule has 1 rings (SSSR count). The van der Waals surface area contributed by atoms with Gasteiger partial charge in [0.15, 0.2) is 0 Å². The monoisotopic (exact) mass is 211 g/mol. The first-order valence-corrected chi connectivity index (χ1v) is 6.30. The van der Waals surface area contributed by atoms with Crippen LogP contribution < -0.4 is 0 Å². The molecule has 0 aromatic carbocycles. The lowest BCUT2D eigenvalue weighted by Gasteiger charge is -2.37. The molecule has 1 fully saturated rings. The molecule has 1 aliphatic carbocycles. The highest BCUT2D eigenvalue weighted by molar-refractivity contribution is 8.02. The second-order valence-electron chi connectivity index (χ2n) is 5.50. The van der Waals surface area contributed by atoms with Gasteiger partial charge in [-0.2, -0.15) is 5.26 Å². The zero-order chi connectivity index (χ0) is 10.8. The van der Waals surface area contributed by atoms with Gasteiger partial charge >= 0.3 is 0 Å². The molecule has 0 saturated heterocycles. The SMILES string of the molecule is CC1CCC(C#N)(SC(C)(C)C)CC1. The van der Waals surface area contributed by atoms with E-state index in [0.29, 0.717) is 0 Å². The molecule has 0 aromatic rings. The number of nitrogens with zero attached hydrogens (tertiary/aromatic N) is 1. The third kappa shape index (κ3) is 3.20. The van der Waals surface area contributed by atoms with Gasteiger partial charge in [-0.25, -0.2) is 0 Å². The zero-order valence-electron chi connectivity index (χ0n) is 9.76. The molecule has 0 spiro atoms. The van der Waals surface area contributed by atoms with Gasteiger partial charge in [-0.05, 0) is 31.6 Å². The zero-order valence-corrected chi connectivity index (χ0v) is 10.6. The highest BCUT2D eigenvalue weighted by atomic mass is 32.2. The molecule has 80 valence electrons. The van der Waals surface area contributed by atoms with E-state index in [1.54, 1.807) is 0 Å². The number of hydrogen-bond acceptors (Lipinski definition) is 2. The Morgan fingerprint density at radius 2 is 1.79 bits per heavy atom. The lowest BCUT2D eigenvalue weighted by molar-refractivity contribution is 0.356. The van der Waals surface area contributed by atoms with Crippen molar-refractivity contribution in [1.29, 1.82) is 5.26 Å². The summed E-state index contributed by atoms with van der Waals surface area (Å²) in [6.07, 6.45) is 4.59. The van der Waals surface area contributed by atoms with E-state index in [2.05, 4.69) is 33.8 Å². The van der Waals surface area contributed by atoms with Crippen molar-refractivity contribution < 1.29 is 0 Å². The largest absolute Gasteiger partial charge is 0.197 e. The summed E-state index contributed by atoms with van der Waals surface area (Å²) in [6, 6.07) is 2.56. The van der Waals surface area contributed by atoms with Crippen molar-refractivity contribution >= 4 is 11.8 Å². The summed E-state index contributed by atoms with van der Waals surface area (Å²) in [5.41, 5.74) is 0. The Kier molecular flexibility index (Phi) is 3.53. The molecule has 0 unspecified atom stereocenters. The highest BCUT2D eigenvalue weighted by Crippen LogP contribution is 2.46. The maximum Gasteiger partial charge on any atom is 0.103 e. The minimum absolute atomic E-state index is 0.0925. The second-order valence-corrected chi connectivity index (χ2v) is 7.71. The van der Waals surface area contributed by atoms with Crippen LogP contribution in [0.15, 0.2) is 0 Å². The van der Waals surface area contributed by atoms with E-state index in [1.165, 1.54) is 12.8 Å². The van der Waals surface area contributed by atoms with Crippen LogP contribution in [0, 0.1) is 17.2 Å². The Morgan fingerprint density at radius 3 is 2.14 bits per heavy atom. The van der Waals surface area contributed by atoms with Crippen molar-refractivity contribution in [3.8, 4) is 6.07 Å². The fourth-order valence-corrected chi connectivity index (χ4v) is 3.71. The number of rotatable bonds is 1. The van der Waals surface area contributed by atoms with Crippen molar-refractivity contribution in [2.24, 2.45) is 5.92 Å². The Labute approximate surface area is 92.3 Å². The first kappa shape index (κ1) is 11.9. The molecule has 1 nitrogen and oxygen atoms in total. The molecule has 0 aliphatic heterocycles. The normalized spacial score (nSPS) is 33.8. The number of nitriles is 1. The van der Waals surface area contributed by atoms with Crippen LogP contribution in [0.3, 0.4) is 0 Å². The third-order valence-electron chi connectivity index (χ3n) is 2.79. The first-order valence-electron chi connectivity index (χ1n) is 5.48. The average molecular weight is 211 g/mol. The molecule has 0 heterocycles. The standard InChI is InChI=1S/C12H21NS/c1-10-5-7-12(9-13,8-6-10)14-11(2,3)4/h10H,5-8H2,1-4H3. The van der Waals surface area contributed by atoms with Crippen LogP contribution in [0.5, 0.6) is 0 Å². The molecule has 0 amide bonds. The van der Waals surface area contributed by atoms with Crippen LogP contribution in [-0.4, -0.2) is 9.49 Å². The van der Waals surface area contributed by atoms with E-state index < -0.39 is 0 Å². The lowest BCUT2D eigenvalue weighted by Crippen LogP contribution is -2.32. The Hall–Kier alpha value is -0.160. The van der Waals surface area contributed by atoms with Gasteiger partial charge in [0.1, 0.15) is 4.75 Å². The highest BCUT2D eigenvalue weighted by Gasteiger charge is 2.38. The van der Waals surface area contributed by atoms with E-state index in [4.69, 9.17) is 0 Å². The Balaban J connectivity index is 2.65. The van der Waals surface area contributed by atoms with Crippen molar-refractivity contribution in [2.45, 2.75) is 62.9 Å². The van der Waals surface area contributed by atoms with Gasteiger partial charge in [0, 0.05) is 4.75 Å². The van der Waals surface area contributed by atoms with Gasteiger partial charge in [-0.1, -0.05) is 27.7 Å². The number of thioether (sulfide) groups is 1. The minimum Gasteiger partial charge on any atom is -0.197 e. The van der Waals surface area contributed by atoms with Gasteiger partial charge < -0.3 is 0 Å². The van der Waals surface area contributed by atoms with E-state index >= 15 is 0 Å². The summed E-state index contributed by atoms with van der Waals surface area (Å²) in [4.78, 5) is 0. The summed E-state index contributed by atoms with van der Waals surface area (Å²) in [6.45, 7) is 8.90. The van der Waals surface area contributed by atoms with Gasteiger partial charge in [0.05, 0.1) is 6.07 Å². The lowest BCUT2D eigenvalue weighted by atomic mass is 9.83. The molecule has 0 N–H and O–H groups in total. The quantitative estimate of drug-likeness (QED) is 0.655. The van der Waals surface area contributed by atoms with Crippen LogP contribution >= 0.6 is 11.8 Å². The molecular formula is C12H21NS. The van der Waals surface area contributed by atoms with Crippen LogP contribution in [-0.2, 0) is 0 Å². The molecule has 0 atom stereocenters. The van der Waals surface area contributed by atoms with E-state index in [1.807, 2.05) is 11.8 Å². The summed E-state index contributed by atoms with van der Waals surface area (Å²) >= 11 is 1.87. The third-order valence-corrected chi connectivity index (χ3v) is 4.29. The molecule has 1 saturated carbocycles. The van der Waals surface area contributed by atoms with Crippen LogP contribution in [0.1, 0.15) is 53.4 Å². The topological polar surface area (TPSA) is 23.8 Å². The van der Waals surface area contributed by atoms with E-state index in [9.17, 15) is 5.26 Å². The van der Waals surface area contributed by atoms with E-state index in [-0.39, 0.29) is 9.49 Å². The predicted molar refractivity (Wildman–Crippen MR) is 63.3 cm³/mol. The van der Waals surface area contributed by atoms with Gasteiger partial charge in [0.25, 0.3) is 0 Å². The maximum absolute atomic E-state index is 9.32. The van der Waals surface area contributed by atoms with Gasteiger partial charge in [0.2, 0.25) is 0 Å². The average Bonchev–Trinajstić information content (AvgIpc) is 2.07. The molecule has 1 aliphatic rings. The van der Waals surface area contributed by atoms with Crippen LogP contribution in [0.25, 0.3) is 0 Å². The summed E-state index contributed by atoms with van der Waals surface area (Å²) in [5, 5.41) is 9.32. The fraction of sp³-hybridized carbons (Fsp3) is 0.917. The second kappa shape index (κ2) is 4.14. The van der Waals surface area contributed by atoms with E-state index in [0.717, 1.165) is 18.8 Å². The molecular weight excluding hydrogens is 190 g/mol. The molecule has 2 heteroatoms. The van der Waals surface area contributed by atoms with Crippen molar-refractivity contribution in [2.75, 3.05) is 0 Å². The minimum atomic E-state index is -0.0925. The first-order chi connectivity index (χ1) is 6.37. The fourth-order valence-electron chi connectivity index (χ4n) is 2.05. The van der Waals surface area contributed by atoms with Crippen molar-refractivity contribution in [3.63, 3.8) is 0 Å². The smallest absolute Gasteiger partial charge is 0.103 e. The predicted octanol–water partition coefficient (Wildman–Crippen LogP) is 3.99. The van der Waals surface area contributed by atoms with Crippen molar-refractivity contribution in [1.82, 2.24) is 0 Å². The Bertz CT molecular complexity index is 226. The summed E-state index contributed by atoms with van der Waals surface area (Å²) in [5.74, 6) is 0.817. The molecule has 14 heavy (non-hydrogen) atoms. The Morgan fingerprint density at radius 1 is 1.29 bits per heavy atom. The summed E-state index contributed by atoms with van der Waals surface area (Å²) in [7, 11) is 0.